The predicted octanol–water partition coefficient (Wildman–Crippen LogP) is 2.51. The maximum atomic E-state index is 11.7. The maximum absolute atomic E-state index is 11.7. The molecule has 0 N–H and O–H groups in total. The molecule has 1 aliphatic rings. The molecule has 1 amide bonds. The van der Waals surface area contributed by atoms with Crippen LogP contribution in [0.4, 0.5) is 0 Å². The van der Waals surface area contributed by atoms with Crippen LogP contribution in [0.15, 0.2) is 0 Å². The van der Waals surface area contributed by atoms with Gasteiger partial charge in [-0.2, -0.15) is 0 Å². The zero-order valence-electron chi connectivity index (χ0n) is 11.5. The average molecular weight is 255 g/mol. The van der Waals surface area contributed by atoms with Crippen molar-refractivity contribution in [1.82, 2.24) is 4.90 Å². The number of amides is 1. The summed E-state index contributed by atoms with van der Waals surface area (Å²) < 4.78 is 5.10. The maximum Gasteiger partial charge on any atom is 0.325 e. The van der Waals surface area contributed by atoms with Crippen LogP contribution in [0.2, 0.25) is 0 Å². The zero-order chi connectivity index (χ0) is 13.2. The molecule has 0 spiro atoms. The van der Waals surface area contributed by atoms with Crippen LogP contribution in [-0.4, -0.2) is 37.0 Å². The average Bonchev–Trinajstić information content (AvgIpc) is 2.34. The van der Waals surface area contributed by atoms with Crippen molar-refractivity contribution in [2.24, 2.45) is 0 Å². The smallest absolute Gasteiger partial charge is 0.325 e. The van der Waals surface area contributed by atoms with Gasteiger partial charge in [0.1, 0.15) is 6.54 Å². The summed E-state index contributed by atoms with van der Waals surface area (Å²) in [5, 5.41) is 0. The number of hydrogen-bond acceptors (Lipinski definition) is 3. The molecule has 0 radical (unpaired) electrons. The van der Waals surface area contributed by atoms with Gasteiger partial charge in [-0.05, 0) is 12.8 Å². The van der Waals surface area contributed by atoms with Gasteiger partial charge in [-0.3, -0.25) is 9.59 Å². The minimum Gasteiger partial charge on any atom is -0.464 e. The number of likely N-dealkylation sites (N-methyl/N-ethyl adjacent to an activating group) is 1. The zero-order valence-corrected chi connectivity index (χ0v) is 11.5. The number of nitrogens with zero attached hydrogens (tertiary/aromatic N) is 1. The second-order valence-corrected chi connectivity index (χ2v) is 5.05. The first-order valence-electron chi connectivity index (χ1n) is 7.10. The third-order valence-electron chi connectivity index (χ3n) is 3.34. The Bertz CT molecular complexity index is 266. The molecule has 18 heavy (non-hydrogen) atoms. The predicted molar refractivity (Wildman–Crippen MR) is 70.1 cm³/mol. The lowest BCUT2D eigenvalue weighted by molar-refractivity contribution is -0.148. The number of carbonyl (C=O) groups excluding carboxylic acids is 2. The van der Waals surface area contributed by atoms with Crippen molar-refractivity contribution < 1.29 is 14.3 Å². The van der Waals surface area contributed by atoms with E-state index in [1.165, 1.54) is 30.6 Å². The van der Waals surface area contributed by atoms with Crippen LogP contribution in [0, 0.1) is 0 Å². The highest BCUT2D eigenvalue weighted by Crippen LogP contribution is 2.11. The quantitative estimate of drug-likeness (QED) is 0.625. The van der Waals surface area contributed by atoms with Crippen molar-refractivity contribution in [2.75, 3.05) is 20.2 Å². The molecule has 0 aromatic heterocycles. The Labute approximate surface area is 110 Å². The van der Waals surface area contributed by atoms with Gasteiger partial charge in [-0.25, -0.2) is 0 Å². The molecular weight excluding hydrogens is 230 g/mol. The van der Waals surface area contributed by atoms with Crippen LogP contribution in [0.3, 0.4) is 0 Å². The van der Waals surface area contributed by atoms with Gasteiger partial charge < -0.3 is 9.64 Å². The number of hydrogen-bond donors (Lipinski definition) is 0. The van der Waals surface area contributed by atoms with Gasteiger partial charge in [0.2, 0.25) is 5.91 Å². The van der Waals surface area contributed by atoms with Crippen molar-refractivity contribution in [3.8, 4) is 0 Å². The Morgan fingerprint density at radius 1 is 0.889 bits per heavy atom. The minimum absolute atomic E-state index is 0.0434. The lowest BCUT2D eigenvalue weighted by atomic mass is 10.1. The van der Waals surface area contributed by atoms with Crippen molar-refractivity contribution >= 4 is 11.9 Å². The van der Waals surface area contributed by atoms with Crippen LogP contribution in [0.1, 0.15) is 57.8 Å². The fraction of sp³-hybridized carbons (Fsp3) is 0.857. The fourth-order valence-corrected chi connectivity index (χ4v) is 2.14. The molecule has 1 aliphatic heterocycles. The normalized spacial score (nSPS) is 21.9. The molecule has 1 saturated heterocycles. The van der Waals surface area contributed by atoms with Crippen LogP contribution < -0.4 is 0 Å². The third kappa shape index (κ3) is 6.62. The van der Waals surface area contributed by atoms with E-state index < -0.39 is 0 Å². The first-order valence-corrected chi connectivity index (χ1v) is 7.10. The largest absolute Gasteiger partial charge is 0.464 e. The molecule has 4 heteroatoms. The second kappa shape index (κ2) is 8.95. The number of carbonyl (C=O) groups is 2. The van der Waals surface area contributed by atoms with Gasteiger partial charge in [0, 0.05) is 13.5 Å². The second-order valence-electron chi connectivity index (χ2n) is 5.05. The molecule has 1 fully saturated rings. The molecule has 0 aromatic carbocycles. The van der Waals surface area contributed by atoms with Crippen molar-refractivity contribution in [3.63, 3.8) is 0 Å². The van der Waals surface area contributed by atoms with E-state index in [9.17, 15) is 9.59 Å². The Balaban J connectivity index is 2.37. The number of ether oxygens (including phenoxy) is 1. The van der Waals surface area contributed by atoms with Crippen molar-refractivity contribution in [1.29, 1.82) is 0 Å². The Hall–Kier alpha value is -1.06. The van der Waals surface area contributed by atoms with E-state index >= 15 is 0 Å². The summed E-state index contributed by atoms with van der Waals surface area (Å²) in [5.41, 5.74) is 0. The highest BCUT2D eigenvalue weighted by atomic mass is 16.5. The van der Waals surface area contributed by atoms with E-state index in [1.807, 2.05) is 0 Å². The SMILES string of the molecule is CN1CC(=O)OCCCCCCCCCCC1=O. The van der Waals surface area contributed by atoms with Gasteiger partial charge in [-0.15, -0.1) is 0 Å². The van der Waals surface area contributed by atoms with E-state index in [2.05, 4.69) is 0 Å². The lowest BCUT2D eigenvalue weighted by Crippen LogP contribution is -2.33. The molecular formula is C14H25NO3. The fourth-order valence-electron chi connectivity index (χ4n) is 2.14. The van der Waals surface area contributed by atoms with E-state index in [4.69, 9.17) is 4.74 Å². The Kier molecular flexibility index (Phi) is 7.46. The molecule has 4 nitrogen and oxygen atoms in total. The minimum atomic E-state index is -0.291. The molecule has 1 rings (SSSR count). The van der Waals surface area contributed by atoms with E-state index in [0.717, 1.165) is 25.7 Å². The molecule has 0 aromatic rings. The van der Waals surface area contributed by atoms with Gasteiger partial charge in [-0.1, -0.05) is 38.5 Å². The summed E-state index contributed by atoms with van der Waals surface area (Å²) in [6.45, 7) is 0.569. The van der Waals surface area contributed by atoms with E-state index in [-0.39, 0.29) is 18.4 Å². The van der Waals surface area contributed by atoms with Crippen molar-refractivity contribution in [2.45, 2.75) is 57.8 Å². The topological polar surface area (TPSA) is 46.6 Å². The molecule has 0 aliphatic carbocycles. The Morgan fingerprint density at radius 3 is 2.11 bits per heavy atom. The van der Waals surface area contributed by atoms with Crippen LogP contribution in [-0.2, 0) is 14.3 Å². The first kappa shape index (κ1) is 15.0. The monoisotopic (exact) mass is 255 g/mol. The van der Waals surface area contributed by atoms with Gasteiger partial charge in [0.05, 0.1) is 6.61 Å². The number of rotatable bonds is 0. The lowest BCUT2D eigenvalue weighted by Gasteiger charge is -2.16. The molecule has 1 heterocycles. The third-order valence-corrected chi connectivity index (χ3v) is 3.34. The summed E-state index contributed by atoms with van der Waals surface area (Å²) in [6.07, 6.45) is 9.59. The summed E-state index contributed by atoms with van der Waals surface area (Å²) in [6, 6.07) is 0. The van der Waals surface area contributed by atoms with Crippen LogP contribution in [0.5, 0.6) is 0 Å². The number of cyclic esters (lactones) is 1. The first-order chi connectivity index (χ1) is 8.70. The highest BCUT2D eigenvalue weighted by Gasteiger charge is 2.13. The molecule has 0 bridgehead atoms. The summed E-state index contributed by atoms with van der Waals surface area (Å²) in [5.74, 6) is -0.248. The van der Waals surface area contributed by atoms with E-state index in [0.29, 0.717) is 13.0 Å². The highest BCUT2D eigenvalue weighted by molar-refractivity contribution is 5.81. The van der Waals surface area contributed by atoms with Crippen LogP contribution in [0.25, 0.3) is 0 Å². The van der Waals surface area contributed by atoms with E-state index in [1.54, 1.807) is 7.05 Å². The summed E-state index contributed by atoms with van der Waals surface area (Å²) in [4.78, 5) is 24.7. The van der Waals surface area contributed by atoms with Gasteiger partial charge in [0.15, 0.2) is 0 Å². The number of esters is 1. The van der Waals surface area contributed by atoms with Gasteiger partial charge in [0.25, 0.3) is 0 Å². The Morgan fingerprint density at radius 2 is 1.44 bits per heavy atom. The molecule has 0 atom stereocenters. The van der Waals surface area contributed by atoms with Gasteiger partial charge >= 0.3 is 5.97 Å². The molecule has 104 valence electrons. The molecule has 0 saturated carbocycles. The summed E-state index contributed by atoms with van der Waals surface area (Å²) in [7, 11) is 1.67. The van der Waals surface area contributed by atoms with Crippen molar-refractivity contribution in [3.05, 3.63) is 0 Å². The summed E-state index contributed by atoms with van der Waals surface area (Å²) >= 11 is 0. The molecule has 0 unspecified atom stereocenters. The standard InChI is InChI=1S/C14H25NO3/c1-15-12-14(17)18-11-9-7-5-3-2-4-6-8-10-13(15)16/h2-12H2,1H3. The van der Waals surface area contributed by atoms with Crippen LogP contribution >= 0.6 is 0 Å².